The third kappa shape index (κ3) is 3.95. The third-order valence-electron chi connectivity index (χ3n) is 5.66. The molecule has 0 spiro atoms. The molecule has 4 rings (SSSR count). The average Bonchev–Trinajstić information content (AvgIpc) is 3.11. The molecule has 28 heavy (non-hydrogen) atoms. The molecule has 2 aliphatic rings. The molecule has 1 atom stereocenters. The molecule has 1 fully saturated rings. The number of carbonyl (C=O) groups is 1. The van der Waals surface area contributed by atoms with Crippen molar-refractivity contribution in [1.82, 2.24) is 20.0 Å². The number of aromatic nitrogens is 2. The lowest BCUT2D eigenvalue weighted by Crippen LogP contribution is -2.41. The summed E-state index contributed by atoms with van der Waals surface area (Å²) >= 11 is 0. The molecule has 1 N–H and O–H groups in total. The highest BCUT2D eigenvalue weighted by molar-refractivity contribution is 5.94. The van der Waals surface area contributed by atoms with Gasteiger partial charge in [0.05, 0.1) is 13.2 Å². The Labute approximate surface area is 164 Å². The van der Waals surface area contributed by atoms with Crippen molar-refractivity contribution in [3.05, 3.63) is 52.6 Å². The summed E-state index contributed by atoms with van der Waals surface area (Å²) in [5.74, 6) is -0.199. The van der Waals surface area contributed by atoms with E-state index in [9.17, 15) is 9.18 Å². The van der Waals surface area contributed by atoms with E-state index in [4.69, 9.17) is 4.74 Å². The number of aryl methyl sites for hydroxylation is 1. The van der Waals surface area contributed by atoms with Gasteiger partial charge in [0, 0.05) is 43.5 Å². The molecule has 1 saturated heterocycles. The van der Waals surface area contributed by atoms with E-state index in [2.05, 4.69) is 17.3 Å². The van der Waals surface area contributed by atoms with Crippen molar-refractivity contribution in [2.45, 2.75) is 45.3 Å². The van der Waals surface area contributed by atoms with Gasteiger partial charge < -0.3 is 15.0 Å². The first kappa shape index (κ1) is 19.1. The van der Waals surface area contributed by atoms with E-state index in [1.165, 1.54) is 17.8 Å². The number of rotatable bonds is 5. The van der Waals surface area contributed by atoms with Crippen molar-refractivity contribution in [3.63, 3.8) is 0 Å². The SMILES string of the molecule is CCn1nc(C(=O)N2CCOCC2)c2c1CCC(NCc1ccc(F)cc1)C2. The molecule has 150 valence electrons. The van der Waals surface area contributed by atoms with Gasteiger partial charge in [-0.25, -0.2) is 4.39 Å². The van der Waals surface area contributed by atoms with Gasteiger partial charge in [0.15, 0.2) is 5.69 Å². The van der Waals surface area contributed by atoms with Gasteiger partial charge in [-0.15, -0.1) is 0 Å². The number of halogens is 1. The molecule has 0 radical (unpaired) electrons. The Bertz CT molecular complexity index is 828. The summed E-state index contributed by atoms with van der Waals surface area (Å²) in [7, 11) is 0. The minimum atomic E-state index is -0.218. The number of nitrogens with zero attached hydrogens (tertiary/aromatic N) is 3. The lowest BCUT2D eigenvalue weighted by Gasteiger charge is -2.28. The van der Waals surface area contributed by atoms with E-state index in [1.54, 1.807) is 12.1 Å². The van der Waals surface area contributed by atoms with Gasteiger partial charge in [0.2, 0.25) is 0 Å². The number of fused-ring (bicyclic) bond motifs is 1. The molecule has 1 aromatic heterocycles. The van der Waals surface area contributed by atoms with Crippen LogP contribution in [0.4, 0.5) is 4.39 Å². The van der Waals surface area contributed by atoms with E-state index < -0.39 is 0 Å². The number of carbonyl (C=O) groups excluding carboxylic acids is 1. The molecule has 2 aromatic rings. The Balaban J connectivity index is 1.49. The number of nitrogens with one attached hydrogen (secondary N) is 1. The van der Waals surface area contributed by atoms with Crippen molar-refractivity contribution in [2.75, 3.05) is 26.3 Å². The van der Waals surface area contributed by atoms with Gasteiger partial charge in [-0.05, 0) is 43.9 Å². The maximum Gasteiger partial charge on any atom is 0.274 e. The van der Waals surface area contributed by atoms with Gasteiger partial charge >= 0.3 is 0 Å². The van der Waals surface area contributed by atoms with Crippen molar-refractivity contribution < 1.29 is 13.9 Å². The maximum atomic E-state index is 13.1. The zero-order valence-corrected chi connectivity index (χ0v) is 16.3. The largest absolute Gasteiger partial charge is 0.378 e. The Morgan fingerprint density at radius 1 is 1.29 bits per heavy atom. The molecule has 1 aromatic carbocycles. The molecule has 6 nitrogen and oxygen atoms in total. The molecular formula is C21H27FN4O2. The van der Waals surface area contributed by atoms with Gasteiger partial charge in [0.1, 0.15) is 5.82 Å². The van der Waals surface area contributed by atoms with Crippen LogP contribution in [0.2, 0.25) is 0 Å². The van der Waals surface area contributed by atoms with Crippen LogP contribution in [0.1, 0.15) is 40.7 Å². The molecule has 1 unspecified atom stereocenters. The second-order valence-corrected chi connectivity index (χ2v) is 7.44. The minimum Gasteiger partial charge on any atom is -0.378 e. The second-order valence-electron chi connectivity index (χ2n) is 7.44. The predicted molar refractivity (Wildman–Crippen MR) is 104 cm³/mol. The number of hydrogen-bond donors (Lipinski definition) is 1. The first-order valence-corrected chi connectivity index (χ1v) is 10.1. The zero-order chi connectivity index (χ0) is 19.5. The standard InChI is InChI=1S/C21H27FN4O2/c1-2-26-19-8-7-17(23-14-15-3-5-16(22)6-4-15)13-18(19)20(24-26)21(27)25-9-11-28-12-10-25/h3-6,17,23H,2,7-14H2,1H3. The number of benzene rings is 1. The van der Waals surface area contributed by atoms with Gasteiger partial charge in [0.25, 0.3) is 5.91 Å². The Hall–Kier alpha value is -2.25. The van der Waals surface area contributed by atoms with E-state index >= 15 is 0 Å². The van der Waals surface area contributed by atoms with Crippen LogP contribution in [0.3, 0.4) is 0 Å². The van der Waals surface area contributed by atoms with E-state index in [1.807, 2.05) is 9.58 Å². The minimum absolute atomic E-state index is 0.0194. The topological polar surface area (TPSA) is 59.4 Å². The monoisotopic (exact) mass is 386 g/mol. The number of amides is 1. The smallest absolute Gasteiger partial charge is 0.274 e. The van der Waals surface area contributed by atoms with Crippen LogP contribution in [0.25, 0.3) is 0 Å². The van der Waals surface area contributed by atoms with E-state index in [0.717, 1.165) is 36.9 Å². The van der Waals surface area contributed by atoms with E-state index in [0.29, 0.717) is 38.5 Å². The molecule has 1 amide bonds. The maximum absolute atomic E-state index is 13.1. The fraction of sp³-hybridized carbons (Fsp3) is 0.524. The zero-order valence-electron chi connectivity index (χ0n) is 16.3. The molecule has 1 aliphatic carbocycles. The highest BCUT2D eigenvalue weighted by Gasteiger charge is 2.31. The van der Waals surface area contributed by atoms with Crippen LogP contribution in [0.15, 0.2) is 24.3 Å². The van der Waals surface area contributed by atoms with Gasteiger partial charge in [-0.2, -0.15) is 5.10 Å². The number of hydrogen-bond acceptors (Lipinski definition) is 4. The van der Waals surface area contributed by atoms with Crippen molar-refractivity contribution in [3.8, 4) is 0 Å². The van der Waals surface area contributed by atoms with Crippen LogP contribution < -0.4 is 5.32 Å². The lowest BCUT2D eigenvalue weighted by atomic mass is 9.91. The van der Waals surface area contributed by atoms with Crippen LogP contribution in [0.5, 0.6) is 0 Å². The Kier molecular flexibility index (Phi) is 5.73. The first-order chi connectivity index (χ1) is 13.7. The first-order valence-electron chi connectivity index (χ1n) is 10.1. The summed E-state index contributed by atoms with van der Waals surface area (Å²) in [6.45, 7) is 5.95. The van der Waals surface area contributed by atoms with Crippen molar-refractivity contribution in [1.29, 1.82) is 0 Å². The fourth-order valence-corrected chi connectivity index (χ4v) is 4.08. The summed E-state index contributed by atoms with van der Waals surface area (Å²) in [5.41, 5.74) is 3.94. The summed E-state index contributed by atoms with van der Waals surface area (Å²) < 4.78 is 20.4. The van der Waals surface area contributed by atoms with Gasteiger partial charge in [-0.1, -0.05) is 12.1 Å². The summed E-state index contributed by atoms with van der Waals surface area (Å²) in [6, 6.07) is 6.86. The second kappa shape index (κ2) is 8.41. The van der Waals surface area contributed by atoms with E-state index in [-0.39, 0.29) is 17.8 Å². The molecular weight excluding hydrogens is 359 g/mol. The normalized spacial score (nSPS) is 19.5. The Morgan fingerprint density at radius 2 is 2.04 bits per heavy atom. The highest BCUT2D eigenvalue weighted by atomic mass is 19.1. The molecule has 0 bridgehead atoms. The van der Waals surface area contributed by atoms with Crippen molar-refractivity contribution >= 4 is 5.91 Å². The fourth-order valence-electron chi connectivity index (χ4n) is 4.08. The highest BCUT2D eigenvalue weighted by Crippen LogP contribution is 2.26. The summed E-state index contributed by atoms with van der Waals surface area (Å²) in [4.78, 5) is 14.9. The number of morpholine rings is 1. The molecule has 0 saturated carbocycles. The van der Waals surface area contributed by atoms with Crippen LogP contribution in [0, 0.1) is 5.82 Å². The summed E-state index contributed by atoms with van der Waals surface area (Å²) in [5, 5.41) is 8.23. The number of ether oxygens (including phenoxy) is 1. The molecule has 7 heteroatoms. The lowest BCUT2D eigenvalue weighted by molar-refractivity contribution is 0.0297. The molecule has 1 aliphatic heterocycles. The van der Waals surface area contributed by atoms with Crippen LogP contribution >= 0.6 is 0 Å². The Morgan fingerprint density at radius 3 is 2.75 bits per heavy atom. The van der Waals surface area contributed by atoms with Gasteiger partial charge in [-0.3, -0.25) is 9.48 Å². The summed E-state index contributed by atoms with van der Waals surface area (Å²) in [6.07, 6.45) is 2.71. The van der Waals surface area contributed by atoms with Crippen LogP contribution in [-0.2, 0) is 30.7 Å². The predicted octanol–water partition coefficient (Wildman–Crippen LogP) is 2.16. The quantitative estimate of drug-likeness (QED) is 0.856. The molecule has 2 heterocycles. The van der Waals surface area contributed by atoms with Crippen molar-refractivity contribution in [2.24, 2.45) is 0 Å². The van der Waals surface area contributed by atoms with Crippen LogP contribution in [-0.4, -0.2) is 52.9 Å². The third-order valence-corrected chi connectivity index (χ3v) is 5.66. The average molecular weight is 386 g/mol.